The average molecular weight is 280 g/mol. The Kier molecular flexibility index (Phi) is 4.14. The molecular weight excluding hydrogens is 265 g/mol. The minimum absolute atomic E-state index is 0.284. The molecule has 0 spiro atoms. The van der Waals surface area contributed by atoms with E-state index in [0.717, 1.165) is 16.7 Å². The summed E-state index contributed by atoms with van der Waals surface area (Å²) in [5.41, 5.74) is 5.65. The fraction of sp³-hybridized carbons (Fsp3) is 0.214. The van der Waals surface area contributed by atoms with Gasteiger partial charge in [0, 0.05) is 11.8 Å². The highest BCUT2D eigenvalue weighted by atomic mass is 35.5. The molecular formula is C14H15ClFN3. The molecule has 2 aromatic rings. The zero-order valence-corrected chi connectivity index (χ0v) is 11.5. The molecule has 19 heavy (non-hydrogen) atoms. The van der Waals surface area contributed by atoms with E-state index in [1.807, 2.05) is 19.9 Å². The van der Waals surface area contributed by atoms with Crippen LogP contribution in [0.5, 0.6) is 0 Å². The van der Waals surface area contributed by atoms with Gasteiger partial charge in [0.25, 0.3) is 0 Å². The monoisotopic (exact) mass is 279 g/mol. The van der Waals surface area contributed by atoms with Crippen molar-refractivity contribution in [3.63, 3.8) is 0 Å². The van der Waals surface area contributed by atoms with Gasteiger partial charge >= 0.3 is 0 Å². The summed E-state index contributed by atoms with van der Waals surface area (Å²) in [6.07, 6.45) is 1.57. The van der Waals surface area contributed by atoms with Gasteiger partial charge in [-0.15, -0.1) is 0 Å². The molecule has 0 amide bonds. The van der Waals surface area contributed by atoms with Crippen LogP contribution in [0.25, 0.3) is 0 Å². The molecule has 2 rings (SSSR count). The molecule has 0 aliphatic heterocycles. The van der Waals surface area contributed by atoms with Crippen molar-refractivity contribution < 1.29 is 4.39 Å². The van der Waals surface area contributed by atoms with Crippen LogP contribution in [0.15, 0.2) is 30.5 Å². The largest absolute Gasteiger partial charge is 0.271 e. The van der Waals surface area contributed by atoms with Crippen molar-refractivity contribution in [3.05, 3.63) is 63.7 Å². The summed E-state index contributed by atoms with van der Waals surface area (Å²) in [5.74, 6) is 5.30. The lowest BCUT2D eigenvalue weighted by molar-refractivity contribution is 0.556. The maximum Gasteiger partial charge on any atom is 0.129 e. The summed E-state index contributed by atoms with van der Waals surface area (Å²) < 4.78 is 14.2. The van der Waals surface area contributed by atoms with Gasteiger partial charge in [-0.1, -0.05) is 17.7 Å². The van der Waals surface area contributed by atoms with E-state index in [0.29, 0.717) is 10.7 Å². The lowest BCUT2D eigenvalue weighted by atomic mass is 9.94. The van der Waals surface area contributed by atoms with E-state index in [9.17, 15) is 4.39 Å². The van der Waals surface area contributed by atoms with Gasteiger partial charge in [-0.3, -0.25) is 5.84 Å². The smallest absolute Gasteiger partial charge is 0.129 e. The SMILES string of the molecule is Cc1cc(C)c(C(NN)c2ccnc(Cl)c2)c(F)c1. The van der Waals surface area contributed by atoms with E-state index < -0.39 is 6.04 Å². The van der Waals surface area contributed by atoms with Crippen LogP contribution in [0.4, 0.5) is 4.39 Å². The third kappa shape index (κ3) is 2.92. The van der Waals surface area contributed by atoms with Crippen molar-refractivity contribution in [2.45, 2.75) is 19.9 Å². The zero-order chi connectivity index (χ0) is 14.0. The quantitative estimate of drug-likeness (QED) is 0.516. The Bertz CT molecular complexity index is 578. The lowest BCUT2D eigenvalue weighted by Crippen LogP contribution is -2.30. The lowest BCUT2D eigenvalue weighted by Gasteiger charge is -2.20. The zero-order valence-electron chi connectivity index (χ0n) is 10.7. The first-order chi connectivity index (χ1) is 9.02. The Hall–Kier alpha value is -1.49. The van der Waals surface area contributed by atoms with Gasteiger partial charge in [-0.25, -0.2) is 14.8 Å². The summed E-state index contributed by atoms with van der Waals surface area (Å²) in [4.78, 5) is 3.91. The van der Waals surface area contributed by atoms with Crippen molar-refractivity contribution in [1.82, 2.24) is 10.4 Å². The molecule has 1 heterocycles. The fourth-order valence-corrected chi connectivity index (χ4v) is 2.42. The number of hydrogen-bond acceptors (Lipinski definition) is 3. The van der Waals surface area contributed by atoms with E-state index in [1.54, 1.807) is 18.3 Å². The van der Waals surface area contributed by atoms with Crippen LogP contribution in [-0.2, 0) is 0 Å². The minimum atomic E-state index is -0.457. The first kappa shape index (κ1) is 13.9. The second-order valence-electron chi connectivity index (χ2n) is 4.49. The van der Waals surface area contributed by atoms with Crippen molar-refractivity contribution >= 4 is 11.6 Å². The molecule has 3 N–H and O–H groups in total. The predicted octanol–water partition coefficient (Wildman–Crippen LogP) is 3.04. The van der Waals surface area contributed by atoms with E-state index in [1.165, 1.54) is 6.07 Å². The van der Waals surface area contributed by atoms with Crippen molar-refractivity contribution in [1.29, 1.82) is 0 Å². The maximum atomic E-state index is 14.2. The Morgan fingerprint density at radius 3 is 2.63 bits per heavy atom. The molecule has 0 fully saturated rings. The van der Waals surface area contributed by atoms with Crippen molar-refractivity contribution in [3.8, 4) is 0 Å². The number of aryl methyl sites for hydroxylation is 2. The standard InChI is InChI=1S/C14H15ClFN3/c1-8-5-9(2)13(11(16)6-8)14(19-17)10-3-4-18-12(15)7-10/h3-7,14,19H,17H2,1-2H3. The third-order valence-electron chi connectivity index (χ3n) is 3.02. The normalized spacial score (nSPS) is 12.5. The molecule has 0 bridgehead atoms. The Morgan fingerprint density at radius 2 is 2.05 bits per heavy atom. The summed E-state index contributed by atoms with van der Waals surface area (Å²) in [6, 6.07) is 6.39. The molecule has 0 aliphatic carbocycles. The number of pyridine rings is 1. The molecule has 1 unspecified atom stereocenters. The maximum absolute atomic E-state index is 14.2. The van der Waals surface area contributed by atoms with Crippen LogP contribution in [0.2, 0.25) is 5.15 Å². The number of hydrogen-bond donors (Lipinski definition) is 2. The van der Waals surface area contributed by atoms with E-state index in [2.05, 4.69) is 10.4 Å². The van der Waals surface area contributed by atoms with Gasteiger partial charge in [-0.2, -0.15) is 0 Å². The van der Waals surface area contributed by atoms with Gasteiger partial charge < -0.3 is 0 Å². The second kappa shape index (κ2) is 5.65. The van der Waals surface area contributed by atoms with Crippen molar-refractivity contribution in [2.75, 3.05) is 0 Å². The van der Waals surface area contributed by atoms with Crippen LogP contribution >= 0.6 is 11.6 Å². The Labute approximate surface area is 116 Å². The number of aromatic nitrogens is 1. The molecule has 1 aromatic heterocycles. The molecule has 0 saturated heterocycles. The van der Waals surface area contributed by atoms with E-state index in [-0.39, 0.29) is 5.82 Å². The summed E-state index contributed by atoms with van der Waals surface area (Å²) in [6.45, 7) is 3.71. The van der Waals surface area contributed by atoms with Gasteiger partial charge in [-0.05, 0) is 48.7 Å². The van der Waals surface area contributed by atoms with Gasteiger partial charge in [0.05, 0.1) is 6.04 Å². The Morgan fingerprint density at radius 1 is 1.32 bits per heavy atom. The third-order valence-corrected chi connectivity index (χ3v) is 3.23. The summed E-state index contributed by atoms with van der Waals surface area (Å²) in [7, 11) is 0. The highest BCUT2D eigenvalue weighted by Gasteiger charge is 2.19. The summed E-state index contributed by atoms with van der Waals surface area (Å²) in [5, 5.41) is 0.350. The molecule has 0 radical (unpaired) electrons. The summed E-state index contributed by atoms with van der Waals surface area (Å²) >= 11 is 5.86. The Balaban J connectivity index is 2.54. The van der Waals surface area contributed by atoms with Gasteiger partial charge in [0.1, 0.15) is 11.0 Å². The highest BCUT2D eigenvalue weighted by Crippen LogP contribution is 2.28. The molecule has 0 saturated carbocycles. The molecule has 100 valence electrons. The van der Waals surface area contributed by atoms with Crippen molar-refractivity contribution in [2.24, 2.45) is 5.84 Å². The van der Waals surface area contributed by atoms with Crippen LogP contribution in [-0.4, -0.2) is 4.98 Å². The molecule has 0 aliphatic rings. The van der Waals surface area contributed by atoms with E-state index >= 15 is 0 Å². The predicted molar refractivity (Wildman–Crippen MR) is 74.3 cm³/mol. The van der Waals surface area contributed by atoms with E-state index in [4.69, 9.17) is 17.4 Å². The van der Waals surface area contributed by atoms with Crippen LogP contribution in [0.3, 0.4) is 0 Å². The first-order valence-electron chi connectivity index (χ1n) is 5.87. The van der Waals surface area contributed by atoms with Gasteiger partial charge in [0.2, 0.25) is 0 Å². The number of nitrogens with two attached hydrogens (primary N) is 1. The van der Waals surface area contributed by atoms with Crippen LogP contribution in [0, 0.1) is 19.7 Å². The number of halogens is 2. The van der Waals surface area contributed by atoms with Crippen LogP contribution in [0.1, 0.15) is 28.3 Å². The van der Waals surface area contributed by atoms with Crippen LogP contribution < -0.4 is 11.3 Å². The molecule has 1 aromatic carbocycles. The number of nitrogens with one attached hydrogen (secondary N) is 1. The number of nitrogens with zero attached hydrogens (tertiary/aromatic N) is 1. The minimum Gasteiger partial charge on any atom is -0.271 e. The second-order valence-corrected chi connectivity index (χ2v) is 4.88. The highest BCUT2D eigenvalue weighted by molar-refractivity contribution is 6.29. The molecule has 1 atom stereocenters. The molecule has 5 heteroatoms. The molecule has 3 nitrogen and oxygen atoms in total. The average Bonchev–Trinajstić information content (AvgIpc) is 2.33. The fourth-order valence-electron chi connectivity index (χ4n) is 2.24. The first-order valence-corrected chi connectivity index (χ1v) is 6.25. The number of benzene rings is 1. The number of rotatable bonds is 3. The topological polar surface area (TPSA) is 50.9 Å². The van der Waals surface area contributed by atoms with Gasteiger partial charge in [0.15, 0.2) is 0 Å². The number of hydrazine groups is 1.